The fourth-order valence-corrected chi connectivity index (χ4v) is 3.56. The summed E-state index contributed by atoms with van der Waals surface area (Å²) in [6.45, 7) is -0.172. The Kier molecular flexibility index (Phi) is 5.15. The Bertz CT molecular complexity index is 1410. The number of nitrogens with zero attached hydrogens (tertiary/aromatic N) is 4. The van der Waals surface area contributed by atoms with Crippen LogP contribution in [0.1, 0.15) is 22.0 Å². The topological polar surface area (TPSA) is 126 Å². The minimum Gasteiger partial charge on any atom is -0.489 e. The first-order valence-electron chi connectivity index (χ1n) is 9.93. The molecule has 174 valence electrons. The van der Waals surface area contributed by atoms with Gasteiger partial charge >= 0.3 is 0 Å². The van der Waals surface area contributed by atoms with E-state index in [4.69, 9.17) is 9.15 Å². The molecule has 0 saturated heterocycles. The molecule has 34 heavy (non-hydrogen) atoms. The number of oxazole rings is 1. The molecule has 0 fully saturated rings. The molecule has 1 aliphatic heterocycles. The normalized spacial score (nSPS) is 15.7. The smallest absolute Gasteiger partial charge is 0.291 e. The largest absolute Gasteiger partial charge is 0.489 e. The van der Waals surface area contributed by atoms with Crippen LogP contribution in [-0.2, 0) is 11.2 Å². The first kappa shape index (κ1) is 21.4. The molecule has 0 bridgehead atoms. The van der Waals surface area contributed by atoms with Gasteiger partial charge in [-0.2, -0.15) is 0 Å². The van der Waals surface area contributed by atoms with Gasteiger partial charge in [0.05, 0.1) is 5.69 Å². The first-order valence-corrected chi connectivity index (χ1v) is 9.93. The number of nitrogens with one attached hydrogen (secondary N) is 2. The van der Waals surface area contributed by atoms with Gasteiger partial charge in [0, 0.05) is 43.3 Å². The molecule has 2 aromatic carbocycles. The van der Waals surface area contributed by atoms with Crippen LogP contribution in [0.5, 0.6) is 5.75 Å². The highest BCUT2D eigenvalue weighted by atomic mass is 19.1. The van der Waals surface area contributed by atoms with Crippen molar-refractivity contribution in [2.45, 2.75) is 12.5 Å². The second kappa shape index (κ2) is 8.17. The van der Waals surface area contributed by atoms with Gasteiger partial charge in [0.15, 0.2) is 12.0 Å². The zero-order valence-corrected chi connectivity index (χ0v) is 17.4. The molecule has 1 aliphatic rings. The number of carbonyl (C=O) groups excluding carboxylic acids is 2. The lowest BCUT2D eigenvalue weighted by Crippen LogP contribution is -2.49. The minimum atomic E-state index is -1.09. The van der Waals surface area contributed by atoms with Crippen molar-refractivity contribution in [2.75, 3.05) is 18.6 Å². The summed E-state index contributed by atoms with van der Waals surface area (Å²) in [6, 6.07) is 3.24. The number of amides is 2. The van der Waals surface area contributed by atoms with Gasteiger partial charge in [0.2, 0.25) is 5.82 Å². The molecule has 5 rings (SSSR count). The van der Waals surface area contributed by atoms with Crippen LogP contribution >= 0.6 is 0 Å². The van der Waals surface area contributed by atoms with Gasteiger partial charge in [0.25, 0.3) is 11.8 Å². The van der Waals surface area contributed by atoms with Crippen LogP contribution < -0.4 is 15.0 Å². The van der Waals surface area contributed by atoms with Crippen molar-refractivity contribution >= 4 is 28.6 Å². The maximum absolute atomic E-state index is 13.9. The molecule has 3 heterocycles. The number of hydrogen-bond donors (Lipinski definition) is 2. The molecule has 0 spiro atoms. The first-order chi connectivity index (χ1) is 16.3. The number of hydrogen-bond acceptors (Lipinski definition) is 7. The molecule has 4 aromatic rings. The summed E-state index contributed by atoms with van der Waals surface area (Å²) in [4.78, 5) is 34.8. The molecular formula is C21H15F3N6O4. The van der Waals surface area contributed by atoms with Crippen molar-refractivity contribution < 1.29 is 31.9 Å². The Hall–Kier alpha value is -4.42. The number of benzene rings is 2. The molecule has 13 heteroatoms. The SMILES string of the molecule is CN1C(=O)[C@@H](NC(=O)c2n[nH]c(Cc3c(F)cc(F)cc3F)n2)COc2cc3ncoc3cc21. The zero-order chi connectivity index (χ0) is 24.0. The number of H-pyrrole nitrogens is 1. The molecular weight excluding hydrogens is 457 g/mol. The van der Waals surface area contributed by atoms with Gasteiger partial charge in [-0.3, -0.25) is 14.7 Å². The number of aromatic nitrogens is 4. The van der Waals surface area contributed by atoms with E-state index in [1.807, 2.05) is 0 Å². The molecule has 10 nitrogen and oxygen atoms in total. The number of anilines is 1. The van der Waals surface area contributed by atoms with Crippen LogP contribution in [0, 0.1) is 17.5 Å². The third kappa shape index (κ3) is 3.80. The van der Waals surface area contributed by atoms with E-state index >= 15 is 0 Å². The molecule has 0 radical (unpaired) electrons. The highest BCUT2D eigenvalue weighted by molar-refractivity contribution is 6.03. The van der Waals surface area contributed by atoms with E-state index in [-0.39, 0.29) is 18.3 Å². The second-order valence-corrected chi connectivity index (χ2v) is 7.50. The highest BCUT2D eigenvalue weighted by Gasteiger charge is 2.32. The Morgan fingerprint density at radius 1 is 1.24 bits per heavy atom. The predicted octanol–water partition coefficient (Wildman–Crippen LogP) is 2.11. The fourth-order valence-electron chi connectivity index (χ4n) is 3.56. The number of carbonyl (C=O) groups is 2. The molecule has 0 unspecified atom stereocenters. The van der Waals surface area contributed by atoms with E-state index in [1.165, 1.54) is 18.3 Å². The van der Waals surface area contributed by atoms with Gasteiger partial charge in [-0.15, -0.1) is 5.10 Å². The van der Waals surface area contributed by atoms with Crippen LogP contribution in [-0.4, -0.2) is 51.7 Å². The highest BCUT2D eigenvalue weighted by Crippen LogP contribution is 2.34. The quantitative estimate of drug-likeness (QED) is 0.466. The number of aromatic amines is 1. The summed E-state index contributed by atoms with van der Waals surface area (Å²) < 4.78 is 51.8. The molecule has 1 atom stereocenters. The Morgan fingerprint density at radius 3 is 2.76 bits per heavy atom. The summed E-state index contributed by atoms with van der Waals surface area (Å²) in [5.41, 5.74) is 1.02. The van der Waals surface area contributed by atoms with E-state index in [9.17, 15) is 22.8 Å². The van der Waals surface area contributed by atoms with E-state index in [2.05, 4.69) is 25.5 Å². The van der Waals surface area contributed by atoms with E-state index in [1.54, 1.807) is 12.1 Å². The van der Waals surface area contributed by atoms with Crippen molar-refractivity contribution in [1.82, 2.24) is 25.5 Å². The molecule has 2 amide bonds. The lowest BCUT2D eigenvalue weighted by Gasteiger charge is -2.19. The van der Waals surface area contributed by atoms with Crippen LogP contribution in [0.4, 0.5) is 18.9 Å². The van der Waals surface area contributed by atoms with Gasteiger partial charge in [-0.25, -0.2) is 23.1 Å². The van der Waals surface area contributed by atoms with E-state index < -0.39 is 47.3 Å². The van der Waals surface area contributed by atoms with Crippen molar-refractivity contribution in [3.63, 3.8) is 0 Å². The third-order valence-electron chi connectivity index (χ3n) is 5.30. The lowest BCUT2D eigenvalue weighted by molar-refractivity contribution is -0.120. The average molecular weight is 472 g/mol. The number of ether oxygens (including phenoxy) is 1. The van der Waals surface area contributed by atoms with Crippen molar-refractivity contribution in [1.29, 1.82) is 0 Å². The maximum Gasteiger partial charge on any atom is 0.291 e. The van der Waals surface area contributed by atoms with E-state index in [0.717, 1.165) is 0 Å². The monoisotopic (exact) mass is 472 g/mol. The number of likely N-dealkylation sites (N-methyl/N-ethyl adjacent to an activating group) is 1. The van der Waals surface area contributed by atoms with E-state index in [0.29, 0.717) is 34.7 Å². The van der Waals surface area contributed by atoms with Gasteiger partial charge < -0.3 is 19.4 Å². The Morgan fingerprint density at radius 2 is 2.00 bits per heavy atom. The Balaban J connectivity index is 1.31. The lowest BCUT2D eigenvalue weighted by atomic mass is 10.1. The predicted molar refractivity (Wildman–Crippen MR) is 110 cm³/mol. The van der Waals surface area contributed by atoms with Crippen molar-refractivity contribution in [2.24, 2.45) is 0 Å². The number of rotatable bonds is 4. The van der Waals surface area contributed by atoms with Gasteiger partial charge in [-0.05, 0) is 0 Å². The second-order valence-electron chi connectivity index (χ2n) is 7.50. The Labute approximate surface area is 188 Å². The van der Waals surface area contributed by atoms with Crippen molar-refractivity contribution in [3.05, 3.63) is 65.3 Å². The summed E-state index contributed by atoms with van der Waals surface area (Å²) in [6.07, 6.45) is 0.885. The fraction of sp³-hybridized carbons (Fsp3) is 0.190. The van der Waals surface area contributed by atoms with Crippen LogP contribution in [0.15, 0.2) is 35.1 Å². The van der Waals surface area contributed by atoms with Crippen LogP contribution in [0.3, 0.4) is 0 Å². The summed E-state index contributed by atoms with van der Waals surface area (Å²) in [7, 11) is 1.52. The van der Waals surface area contributed by atoms with Crippen molar-refractivity contribution in [3.8, 4) is 5.75 Å². The molecule has 2 aromatic heterocycles. The zero-order valence-electron chi connectivity index (χ0n) is 17.4. The molecule has 0 aliphatic carbocycles. The molecule has 2 N–H and O–H groups in total. The summed E-state index contributed by atoms with van der Waals surface area (Å²) >= 11 is 0. The number of halogens is 3. The average Bonchev–Trinajstić information content (AvgIpc) is 3.44. The summed E-state index contributed by atoms with van der Waals surface area (Å²) in [5, 5.41) is 8.64. The number of fused-ring (bicyclic) bond motifs is 2. The van der Waals surface area contributed by atoms with Crippen LogP contribution in [0.25, 0.3) is 11.1 Å². The standard InChI is InChI=1S/C21H15F3N6O4/c1-30-15-6-16-13(25-8-34-16)5-17(15)33-7-14(21(30)32)26-20(31)19-27-18(28-29-19)4-10-11(23)2-9(22)3-12(10)24/h2-3,5-6,8,14H,4,7H2,1H3,(H,26,31)(H,27,28,29)/t14-/m0/s1. The van der Waals surface area contributed by atoms with Crippen LogP contribution in [0.2, 0.25) is 0 Å². The molecule has 0 saturated carbocycles. The van der Waals surface area contributed by atoms with Gasteiger partial charge in [-0.1, -0.05) is 0 Å². The third-order valence-corrected chi connectivity index (χ3v) is 5.30. The maximum atomic E-state index is 13.9. The van der Waals surface area contributed by atoms with Gasteiger partial charge in [0.1, 0.15) is 47.2 Å². The summed E-state index contributed by atoms with van der Waals surface area (Å²) in [5.74, 6) is -4.50. The minimum absolute atomic E-state index is 0.0300.